The molecular weight excluding hydrogens is 228 g/mol. The van der Waals surface area contributed by atoms with E-state index in [1.54, 1.807) is 20.8 Å². The van der Waals surface area contributed by atoms with Gasteiger partial charge in [0.05, 0.1) is 5.19 Å². The summed E-state index contributed by atoms with van der Waals surface area (Å²) in [4.78, 5) is 9.04. The van der Waals surface area contributed by atoms with Gasteiger partial charge in [0.15, 0.2) is 32.8 Å². The smallest absolute Gasteiger partial charge is 0.197 e. The Kier molecular flexibility index (Phi) is 3.07. The molecule has 0 bridgehead atoms. The molecule has 16 heavy (non-hydrogen) atoms. The molecule has 0 amide bonds. The highest BCUT2D eigenvalue weighted by Crippen LogP contribution is 2.46. The maximum absolute atomic E-state index is 9.74. The van der Waals surface area contributed by atoms with Gasteiger partial charge in [-0.15, -0.1) is 0 Å². The standard InChI is InChI=1S/C10H16O5Si/c1-10(2,3)4-5(11)7(13)9(16-15)8(14)6(4)12/h11-15H,16H2,1-3H3. The normalized spacial score (nSPS) is 12.5. The molecule has 0 saturated heterocycles. The highest BCUT2D eigenvalue weighted by Gasteiger charge is 2.30. The van der Waals surface area contributed by atoms with Crippen molar-refractivity contribution in [3.63, 3.8) is 0 Å². The monoisotopic (exact) mass is 244 g/mol. The molecule has 1 rings (SSSR count). The molecule has 0 spiro atoms. The Morgan fingerprint density at radius 3 is 1.44 bits per heavy atom. The van der Waals surface area contributed by atoms with Gasteiger partial charge >= 0.3 is 0 Å². The van der Waals surface area contributed by atoms with Crippen LogP contribution in [0.1, 0.15) is 26.3 Å². The minimum atomic E-state index is -1.89. The lowest BCUT2D eigenvalue weighted by molar-refractivity contribution is 0.354. The molecule has 5 nitrogen and oxygen atoms in total. The van der Waals surface area contributed by atoms with Crippen LogP contribution in [0.5, 0.6) is 23.0 Å². The summed E-state index contributed by atoms with van der Waals surface area (Å²) in [6, 6.07) is 0. The van der Waals surface area contributed by atoms with Crippen molar-refractivity contribution in [1.82, 2.24) is 0 Å². The first-order chi connectivity index (χ1) is 7.21. The van der Waals surface area contributed by atoms with Crippen LogP contribution in [0.3, 0.4) is 0 Å². The van der Waals surface area contributed by atoms with E-state index in [0.29, 0.717) is 0 Å². The van der Waals surface area contributed by atoms with Gasteiger partial charge in [-0.1, -0.05) is 20.8 Å². The van der Waals surface area contributed by atoms with Crippen LogP contribution in [-0.2, 0) is 5.41 Å². The van der Waals surface area contributed by atoms with E-state index in [-0.39, 0.29) is 10.8 Å². The molecule has 0 aliphatic rings. The average Bonchev–Trinajstić information content (AvgIpc) is 2.14. The topological polar surface area (TPSA) is 101 Å². The SMILES string of the molecule is CC(C)(C)c1c(O)c(O)c([SiH2]O)c(O)c1O. The van der Waals surface area contributed by atoms with E-state index in [9.17, 15) is 20.4 Å². The first-order valence-corrected chi connectivity index (χ1v) is 6.15. The zero-order chi connectivity index (χ0) is 12.7. The van der Waals surface area contributed by atoms with Gasteiger partial charge in [0.1, 0.15) is 0 Å². The molecule has 5 N–H and O–H groups in total. The molecule has 0 fully saturated rings. The summed E-state index contributed by atoms with van der Waals surface area (Å²) in [6.45, 7) is 5.16. The number of hydrogen-bond acceptors (Lipinski definition) is 5. The van der Waals surface area contributed by atoms with E-state index in [1.165, 1.54) is 0 Å². The van der Waals surface area contributed by atoms with Crippen LogP contribution < -0.4 is 5.19 Å². The first kappa shape index (κ1) is 12.7. The molecule has 1 aromatic carbocycles. The summed E-state index contributed by atoms with van der Waals surface area (Å²) in [6.07, 6.45) is 0. The molecule has 0 heterocycles. The van der Waals surface area contributed by atoms with Crippen LogP contribution in [0.2, 0.25) is 0 Å². The van der Waals surface area contributed by atoms with E-state index >= 15 is 0 Å². The van der Waals surface area contributed by atoms with Crippen molar-refractivity contribution in [2.75, 3.05) is 0 Å². The molecule has 1 aromatic rings. The van der Waals surface area contributed by atoms with E-state index in [4.69, 9.17) is 4.80 Å². The fourth-order valence-electron chi connectivity index (χ4n) is 1.61. The Labute approximate surface area is 95.6 Å². The van der Waals surface area contributed by atoms with Crippen LogP contribution in [0.15, 0.2) is 0 Å². The largest absolute Gasteiger partial charge is 0.504 e. The number of phenols is 4. The van der Waals surface area contributed by atoms with Gasteiger partial charge in [-0.25, -0.2) is 0 Å². The van der Waals surface area contributed by atoms with Gasteiger partial charge in [0.25, 0.3) is 0 Å². The fraction of sp³-hybridized carbons (Fsp3) is 0.400. The van der Waals surface area contributed by atoms with Crippen LogP contribution in [0.4, 0.5) is 0 Å². The number of hydrogen-bond donors (Lipinski definition) is 5. The van der Waals surface area contributed by atoms with E-state index in [0.717, 1.165) is 0 Å². The molecule has 0 aliphatic carbocycles. The maximum Gasteiger partial charge on any atom is 0.197 e. The van der Waals surface area contributed by atoms with Gasteiger partial charge in [0.2, 0.25) is 0 Å². The summed E-state index contributed by atoms with van der Waals surface area (Å²) in [7, 11) is -1.89. The van der Waals surface area contributed by atoms with Gasteiger partial charge in [-0.2, -0.15) is 0 Å². The zero-order valence-electron chi connectivity index (χ0n) is 9.44. The number of rotatable bonds is 1. The number of benzene rings is 1. The van der Waals surface area contributed by atoms with Crippen LogP contribution in [0, 0.1) is 0 Å². The third kappa shape index (κ3) is 1.81. The summed E-state index contributed by atoms with van der Waals surface area (Å²) < 4.78 is 0. The van der Waals surface area contributed by atoms with Crippen LogP contribution in [-0.4, -0.2) is 35.0 Å². The molecule has 0 unspecified atom stereocenters. The molecule has 0 aliphatic heterocycles. The summed E-state index contributed by atoms with van der Waals surface area (Å²) >= 11 is 0. The maximum atomic E-state index is 9.74. The Morgan fingerprint density at radius 1 is 0.812 bits per heavy atom. The molecule has 6 heteroatoms. The Balaban J connectivity index is 3.67. The van der Waals surface area contributed by atoms with E-state index < -0.39 is 38.2 Å². The van der Waals surface area contributed by atoms with Crippen LogP contribution in [0.25, 0.3) is 0 Å². The summed E-state index contributed by atoms with van der Waals surface area (Å²) in [5.74, 6) is -2.07. The Morgan fingerprint density at radius 2 is 1.19 bits per heavy atom. The predicted octanol–water partition coefficient (Wildman–Crippen LogP) is -0.492. The van der Waals surface area contributed by atoms with Crippen molar-refractivity contribution in [3.05, 3.63) is 5.56 Å². The van der Waals surface area contributed by atoms with Crippen molar-refractivity contribution < 1.29 is 25.2 Å². The molecule has 0 aromatic heterocycles. The molecular formula is C10H16O5Si. The lowest BCUT2D eigenvalue weighted by Crippen LogP contribution is -2.19. The van der Waals surface area contributed by atoms with Crippen molar-refractivity contribution in [2.24, 2.45) is 0 Å². The first-order valence-electron chi connectivity index (χ1n) is 4.81. The van der Waals surface area contributed by atoms with E-state index in [1.807, 2.05) is 0 Å². The van der Waals surface area contributed by atoms with Crippen LogP contribution >= 0.6 is 0 Å². The number of phenolic OH excluding ortho intramolecular Hbond substituents is 4. The van der Waals surface area contributed by atoms with Gasteiger partial charge < -0.3 is 25.2 Å². The second-order valence-corrected chi connectivity index (χ2v) is 5.68. The highest BCUT2D eigenvalue weighted by molar-refractivity contribution is 6.49. The lowest BCUT2D eigenvalue weighted by Gasteiger charge is -2.23. The molecule has 90 valence electrons. The minimum absolute atomic E-state index is 0.0636. The second kappa shape index (κ2) is 3.87. The number of aromatic hydroxyl groups is 4. The summed E-state index contributed by atoms with van der Waals surface area (Å²) in [5, 5.41) is 38.5. The second-order valence-electron chi connectivity index (χ2n) is 4.66. The van der Waals surface area contributed by atoms with Crippen molar-refractivity contribution in [3.8, 4) is 23.0 Å². The Bertz CT molecular complexity index is 393. The van der Waals surface area contributed by atoms with Crippen molar-refractivity contribution in [1.29, 1.82) is 0 Å². The van der Waals surface area contributed by atoms with Gasteiger partial charge in [-0.05, 0) is 5.41 Å². The van der Waals surface area contributed by atoms with Gasteiger partial charge in [0, 0.05) is 5.56 Å². The Hall–Kier alpha value is -1.40. The molecule has 0 saturated carbocycles. The molecule has 0 atom stereocenters. The van der Waals surface area contributed by atoms with Crippen molar-refractivity contribution in [2.45, 2.75) is 26.2 Å². The zero-order valence-corrected chi connectivity index (χ0v) is 10.9. The minimum Gasteiger partial charge on any atom is -0.504 e. The van der Waals surface area contributed by atoms with Gasteiger partial charge in [-0.3, -0.25) is 0 Å². The summed E-state index contributed by atoms with van der Waals surface area (Å²) in [5.41, 5.74) is -0.577. The van der Waals surface area contributed by atoms with Crippen molar-refractivity contribution >= 4 is 14.9 Å². The quantitative estimate of drug-likeness (QED) is 0.261. The van der Waals surface area contributed by atoms with E-state index in [2.05, 4.69) is 0 Å². The molecule has 0 radical (unpaired) electrons. The lowest BCUT2D eigenvalue weighted by atomic mass is 9.85. The predicted molar refractivity (Wildman–Crippen MR) is 62.2 cm³/mol. The fourth-order valence-corrected chi connectivity index (χ4v) is 2.24. The third-order valence-electron chi connectivity index (χ3n) is 2.40. The average molecular weight is 244 g/mol. The third-order valence-corrected chi connectivity index (χ3v) is 3.39. The highest BCUT2D eigenvalue weighted by atomic mass is 28.2.